The maximum Gasteiger partial charge on any atom is 0.240 e. The number of imide groups is 1. The molecular formula is C27H20N2O4S. The van der Waals surface area contributed by atoms with Crippen LogP contribution in [0, 0.1) is 11.8 Å². The number of hydrogen-bond acceptors (Lipinski definition) is 6. The molecule has 3 aromatic rings. The van der Waals surface area contributed by atoms with Gasteiger partial charge in [-0.05, 0) is 59.8 Å². The van der Waals surface area contributed by atoms with E-state index in [-0.39, 0.29) is 23.4 Å². The molecule has 1 aromatic heterocycles. The summed E-state index contributed by atoms with van der Waals surface area (Å²) in [6, 6.07) is 16.7. The molecule has 0 aliphatic carbocycles. The van der Waals surface area contributed by atoms with Crippen molar-refractivity contribution in [3.8, 4) is 0 Å². The van der Waals surface area contributed by atoms with Crippen LogP contribution in [0.5, 0.6) is 0 Å². The van der Waals surface area contributed by atoms with Crippen molar-refractivity contribution < 1.29 is 19.2 Å². The van der Waals surface area contributed by atoms with Crippen LogP contribution in [0.4, 0.5) is 5.69 Å². The minimum absolute atomic E-state index is 0.0923. The summed E-state index contributed by atoms with van der Waals surface area (Å²) in [5.74, 6) is -2.40. The number of thiophene rings is 1. The summed E-state index contributed by atoms with van der Waals surface area (Å²) in [6.07, 6.45) is 3.79. The van der Waals surface area contributed by atoms with Crippen molar-refractivity contribution in [3.05, 3.63) is 93.8 Å². The van der Waals surface area contributed by atoms with Gasteiger partial charge in [0, 0.05) is 11.8 Å². The van der Waals surface area contributed by atoms with Gasteiger partial charge in [-0.15, -0.1) is 11.3 Å². The quantitative estimate of drug-likeness (QED) is 0.420. The fourth-order valence-corrected chi connectivity index (χ4v) is 6.22. The number of rotatable bonds is 4. The van der Waals surface area contributed by atoms with Gasteiger partial charge in [0.05, 0.1) is 28.4 Å². The van der Waals surface area contributed by atoms with Gasteiger partial charge < -0.3 is 4.90 Å². The van der Waals surface area contributed by atoms with Crippen molar-refractivity contribution in [2.75, 3.05) is 4.90 Å². The van der Waals surface area contributed by atoms with Crippen LogP contribution in [0.1, 0.15) is 44.1 Å². The molecule has 4 atom stereocenters. The molecule has 34 heavy (non-hydrogen) atoms. The van der Waals surface area contributed by atoms with Crippen molar-refractivity contribution in [2.45, 2.75) is 19.0 Å². The third kappa shape index (κ3) is 2.86. The van der Waals surface area contributed by atoms with Crippen LogP contribution in [0.15, 0.2) is 72.2 Å². The second-order valence-electron chi connectivity index (χ2n) is 8.79. The Labute approximate surface area is 200 Å². The highest BCUT2D eigenvalue weighted by Crippen LogP contribution is 2.53. The fourth-order valence-electron chi connectivity index (χ4n) is 5.52. The zero-order chi connectivity index (χ0) is 23.6. The largest absolute Gasteiger partial charge is 0.358 e. The van der Waals surface area contributed by atoms with E-state index in [1.807, 2.05) is 52.9 Å². The van der Waals surface area contributed by atoms with Crippen LogP contribution in [0.25, 0.3) is 6.08 Å². The third-order valence-electron chi connectivity index (χ3n) is 7.03. The van der Waals surface area contributed by atoms with Gasteiger partial charge in [0.15, 0.2) is 11.6 Å². The van der Waals surface area contributed by atoms with Crippen molar-refractivity contribution in [2.24, 2.45) is 11.8 Å². The summed E-state index contributed by atoms with van der Waals surface area (Å²) in [5, 5.41) is 1.84. The minimum atomic E-state index is -0.796. The lowest BCUT2D eigenvalue weighted by atomic mass is 9.84. The standard InChI is InChI=1S/C27H20N2O4S/c1-15(30)16-8-10-18(11-9-16)29-26(32)21-22(27(29)33)24(25(31)20-7-4-14-34-20)28-13-12-17-5-2-3-6-19(17)23(21)28/h2-14,21-24H,1H3. The molecule has 168 valence electrons. The lowest BCUT2D eigenvalue weighted by molar-refractivity contribution is -0.123. The van der Waals surface area contributed by atoms with Gasteiger partial charge in [-0.25, -0.2) is 4.90 Å². The Hall–Kier alpha value is -3.84. The Kier molecular flexibility index (Phi) is 4.64. The van der Waals surface area contributed by atoms with Gasteiger partial charge in [-0.1, -0.05) is 30.3 Å². The molecule has 6 nitrogen and oxygen atoms in total. The Morgan fingerprint density at radius 2 is 1.62 bits per heavy atom. The molecule has 6 rings (SSSR count). The van der Waals surface area contributed by atoms with Gasteiger partial charge in [0.1, 0.15) is 6.04 Å². The van der Waals surface area contributed by atoms with E-state index in [0.717, 1.165) is 11.1 Å². The highest BCUT2D eigenvalue weighted by molar-refractivity contribution is 7.12. The maximum absolute atomic E-state index is 13.8. The number of hydrogen-bond donors (Lipinski definition) is 0. The van der Waals surface area contributed by atoms with E-state index >= 15 is 0 Å². The lowest BCUT2D eigenvalue weighted by Gasteiger charge is -2.35. The van der Waals surface area contributed by atoms with E-state index in [0.29, 0.717) is 16.1 Å². The molecule has 2 aromatic carbocycles. The molecule has 0 N–H and O–H groups in total. The Morgan fingerprint density at radius 1 is 0.882 bits per heavy atom. The molecule has 0 bridgehead atoms. The number of nitrogens with zero attached hydrogens (tertiary/aromatic N) is 2. The Morgan fingerprint density at radius 3 is 2.32 bits per heavy atom. The van der Waals surface area contributed by atoms with E-state index in [1.165, 1.54) is 23.2 Å². The monoisotopic (exact) mass is 468 g/mol. The highest BCUT2D eigenvalue weighted by Gasteiger charge is 2.64. The van der Waals surface area contributed by atoms with Crippen LogP contribution in [-0.4, -0.2) is 34.3 Å². The molecule has 3 aliphatic rings. The van der Waals surface area contributed by atoms with E-state index in [2.05, 4.69) is 0 Å². The molecular weight excluding hydrogens is 448 g/mol. The van der Waals surface area contributed by atoms with Crippen LogP contribution in [-0.2, 0) is 9.59 Å². The molecule has 0 spiro atoms. The first-order chi connectivity index (χ1) is 16.5. The van der Waals surface area contributed by atoms with Crippen molar-refractivity contribution in [3.63, 3.8) is 0 Å². The normalized spacial score (nSPS) is 24.7. The van der Waals surface area contributed by atoms with Crippen LogP contribution in [0.3, 0.4) is 0 Å². The zero-order valence-corrected chi connectivity index (χ0v) is 19.1. The van der Waals surface area contributed by atoms with Crippen molar-refractivity contribution in [1.29, 1.82) is 0 Å². The van der Waals surface area contributed by atoms with Crippen molar-refractivity contribution >= 4 is 46.5 Å². The summed E-state index contributed by atoms with van der Waals surface area (Å²) in [4.78, 5) is 56.6. The molecule has 0 saturated carbocycles. The van der Waals surface area contributed by atoms with E-state index in [4.69, 9.17) is 0 Å². The minimum Gasteiger partial charge on any atom is -0.358 e. The molecule has 4 unspecified atom stereocenters. The summed E-state index contributed by atoms with van der Waals surface area (Å²) in [5.41, 5.74) is 2.85. The van der Waals surface area contributed by atoms with Crippen molar-refractivity contribution in [1.82, 2.24) is 4.90 Å². The second kappa shape index (κ2) is 7.60. The molecule has 2 amide bonds. The summed E-state index contributed by atoms with van der Waals surface area (Å²) >= 11 is 1.34. The van der Waals surface area contributed by atoms with Gasteiger partial charge >= 0.3 is 0 Å². The van der Waals surface area contributed by atoms with Crippen LogP contribution >= 0.6 is 11.3 Å². The van der Waals surface area contributed by atoms with Crippen LogP contribution < -0.4 is 4.90 Å². The SMILES string of the molecule is CC(=O)c1ccc(N2C(=O)C3C(C2=O)C2c4ccccc4C=CN2C3C(=O)c2cccs2)cc1. The first kappa shape index (κ1) is 20.7. The number of ketones is 2. The van der Waals surface area contributed by atoms with E-state index in [1.54, 1.807) is 30.3 Å². The fraction of sp³-hybridized carbons (Fsp3) is 0.185. The zero-order valence-electron chi connectivity index (χ0n) is 18.3. The summed E-state index contributed by atoms with van der Waals surface area (Å²) in [7, 11) is 0. The number of fused-ring (bicyclic) bond motifs is 5. The van der Waals surface area contributed by atoms with Gasteiger partial charge in [0.25, 0.3) is 0 Å². The Bertz CT molecular complexity index is 1380. The van der Waals surface area contributed by atoms with Gasteiger partial charge in [-0.2, -0.15) is 0 Å². The predicted molar refractivity (Wildman–Crippen MR) is 128 cm³/mol. The molecule has 0 radical (unpaired) electrons. The Balaban J connectivity index is 1.47. The molecule has 2 fully saturated rings. The number of amides is 2. The lowest BCUT2D eigenvalue weighted by Crippen LogP contribution is -2.44. The topological polar surface area (TPSA) is 74.8 Å². The van der Waals surface area contributed by atoms with Crippen LogP contribution in [0.2, 0.25) is 0 Å². The molecule has 7 heteroatoms. The molecule has 4 heterocycles. The second-order valence-corrected chi connectivity index (χ2v) is 9.74. The van der Waals surface area contributed by atoms with Gasteiger partial charge in [0.2, 0.25) is 11.8 Å². The van der Waals surface area contributed by atoms with Gasteiger partial charge in [-0.3, -0.25) is 19.2 Å². The number of carbonyl (C=O) groups excluding carboxylic acids is 4. The molecule has 2 saturated heterocycles. The highest BCUT2D eigenvalue weighted by atomic mass is 32.1. The first-order valence-electron chi connectivity index (χ1n) is 11.1. The summed E-state index contributed by atoms with van der Waals surface area (Å²) < 4.78 is 0. The smallest absolute Gasteiger partial charge is 0.240 e. The van der Waals surface area contributed by atoms with E-state index in [9.17, 15) is 19.2 Å². The average molecular weight is 469 g/mol. The predicted octanol–water partition coefficient (Wildman–Crippen LogP) is 4.35. The number of anilines is 1. The number of benzene rings is 2. The third-order valence-corrected chi connectivity index (χ3v) is 7.91. The first-order valence-corrected chi connectivity index (χ1v) is 12.0. The number of carbonyl (C=O) groups is 4. The summed E-state index contributed by atoms with van der Waals surface area (Å²) in [6.45, 7) is 1.47. The molecule has 3 aliphatic heterocycles. The maximum atomic E-state index is 13.8. The number of Topliss-reactive ketones (excluding diaryl/α,β-unsaturated/α-hetero) is 2. The van der Waals surface area contributed by atoms with E-state index < -0.39 is 23.9 Å². The average Bonchev–Trinajstić information content (AvgIpc) is 3.55.